The first-order chi connectivity index (χ1) is 9.49. The van der Waals surface area contributed by atoms with Crippen LogP contribution in [0.15, 0.2) is 16.6 Å². The molecule has 0 bridgehead atoms. The highest BCUT2D eigenvalue weighted by Crippen LogP contribution is 2.25. The lowest BCUT2D eigenvalue weighted by Gasteiger charge is -2.28. The third-order valence-electron chi connectivity index (χ3n) is 3.42. The summed E-state index contributed by atoms with van der Waals surface area (Å²) in [6.07, 6.45) is 0.927. The maximum Gasteiger partial charge on any atom is 0.321 e. The van der Waals surface area contributed by atoms with Gasteiger partial charge in [0.05, 0.1) is 6.54 Å². The Morgan fingerprint density at radius 1 is 1.35 bits per heavy atom. The molecule has 2 rings (SSSR count). The molecule has 1 heterocycles. The lowest BCUT2D eigenvalue weighted by atomic mass is 9.98. The van der Waals surface area contributed by atoms with Gasteiger partial charge in [-0.1, -0.05) is 22.0 Å². The van der Waals surface area contributed by atoms with Gasteiger partial charge in [0, 0.05) is 24.6 Å². The molecule has 108 valence electrons. The molecular weight excluding hydrogens is 322 g/mol. The molecule has 0 aliphatic carbocycles. The normalized spacial score (nSPS) is 14.6. The molecule has 5 nitrogen and oxygen atoms in total. The van der Waals surface area contributed by atoms with E-state index in [1.165, 1.54) is 23.7 Å². The van der Waals surface area contributed by atoms with Crippen molar-refractivity contribution in [2.24, 2.45) is 0 Å². The average Bonchev–Trinajstić information content (AvgIpc) is 2.40. The smallest absolute Gasteiger partial charge is 0.321 e. The van der Waals surface area contributed by atoms with Crippen LogP contribution in [0.2, 0.25) is 0 Å². The standard InChI is InChI=1S/C14H18BrN3O2/c1-9-5-10-3-4-18(7-11(10)6-12(9)15)8-13(19)17-14(20)16-2/h5-6H,3-4,7-8H2,1-2H3,(H2,16,17,19,20). The van der Waals surface area contributed by atoms with Gasteiger partial charge < -0.3 is 5.32 Å². The first kappa shape index (κ1) is 15.0. The molecule has 3 amide bonds. The topological polar surface area (TPSA) is 61.4 Å². The van der Waals surface area contributed by atoms with Crippen molar-refractivity contribution in [2.75, 3.05) is 20.1 Å². The molecule has 0 saturated carbocycles. The number of hydrogen-bond donors (Lipinski definition) is 2. The number of nitrogens with zero attached hydrogens (tertiary/aromatic N) is 1. The zero-order chi connectivity index (χ0) is 14.7. The van der Waals surface area contributed by atoms with E-state index < -0.39 is 6.03 Å². The largest absolute Gasteiger partial charge is 0.341 e. The molecule has 0 atom stereocenters. The Labute approximate surface area is 126 Å². The molecule has 1 aromatic carbocycles. The van der Waals surface area contributed by atoms with E-state index in [0.29, 0.717) is 0 Å². The molecule has 1 aliphatic heterocycles. The molecule has 2 N–H and O–H groups in total. The van der Waals surface area contributed by atoms with Crippen LogP contribution in [0.3, 0.4) is 0 Å². The van der Waals surface area contributed by atoms with Crippen molar-refractivity contribution in [3.63, 3.8) is 0 Å². The molecule has 1 aliphatic rings. The first-order valence-corrected chi connectivity index (χ1v) is 7.30. The van der Waals surface area contributed by atoms with Crippen LogP contribution in [0.1, 0.15) is 16.7 Å². The summed E-state index contributed by atoms with van der Waals surface area (Å²) in [5.41, 5.74) is 3.81. The highest BCUT2D eigenvalue weighted by Gasteiger charge is 2.19. The SMILES string of the molecule is CNC(=O)NC(=O)CN1CCc2cc(C)c(Br)cc2C1. The number of carbonyl (C=O) groups excluding carboxylic acids is 2. The second-order valence-corrected chi connectivity index (χ2v) is 5.81. The molecule has 0 unspecified atom stereocenters. The van der Waals surface area contributed by atoms with Gasteiger partial charge in [0.2, 0.25) is 5.91 Å². The molecule has 6 heteroatoms. The molecule has 0 spiro atoms. The number of benzene rings is 1. The van der Waals surface area contributed by atoms with E-state index in [1.807, 2.05) is 4.90 Å². The fourth-order valence-corrected chi connectivity index (χ4v) is 2.72. The number of rotatable bonds is 2. The summed E-state index contributed by atoms with van der Waals surface area (Å²) in [5.74, 6) is -0.279. The van der Waals surface area contributed by atoms with E-state index in [2.05, 4.69) is 45.6 Å². The lowest BCUT2D eigenvalue weighted by Crippen LogP contribution is -2.44. The summed E-state index contributed by atoms with van der Waals surface area (Å²) in [4.78, 5) is 24.8. The zero-order valence-electron chi connectivity index (χ0n) is 11.6. The van der Waals surface area contributed by atoms with Gasteiger partial charge in [0.15, 0.2) is 0 Å². The Kier molecular flexibility index (Phi) is 4.77. The minimum atomic E-state index is -0.467. The van der Waals surface area contributed by atoms with E-state index in [4.69, 9.17) is 0 Å². The summed E-state index contributed by atoms with van der Waals surface area (Å²) < 4.78 is 1.09. The number of urea groups is 1. The molecular formula is C14H18BrN3O2. The Bertz CT molecular complexity index is 545. The number of imide groups is 1. The Morgan fingerprint density at radius 3 is 2.80 bits per heavy atom. The van der Waals surface area contributed by atoms with Gasteiger partial charge in [-0.2, -0.15) is 0 Å². The van der Waals surface area contributed by atoms with Crippen LogP contribution in [-0.2, 0) is 17.8 Å². The summed E-state index contributed by atoms with van der Waals surface area (Å²) in [6.45, 7) is 3.87. The van der Waals surface area contributed by atoms with Crippen LogP contribution in [0.4, 0.5) is 4.79 Å². The predicted molar refractivity (Wildman–Crippen MR) is 80.5 cm³/mol. The Balaban J connectivity index is 1.99. The van der Waals surface area contributed by atoms with Crippen LogP contribution in [0, 0.1) is 6.92 Å². The van der Waals surface area contributed by atoms with Crippen LogP contribution < -0.4 is 10.6 Å². The predicted octanol–water partition coefficient (Wildman–Crippen LogP) is 1.57. The molecule has 1 aromatic rings. The van der Waals surface area contributed by atoms with Crippen molar-refractivity contribution in [3.8, 4) is 0 Å². The van der Waals surface area contributed by atoms with Crippen LogP contribution in [0.25, 0.3) is 0 Å². The number of nitrogens with one attached hydrogen (secondary N) is 2. The van der Waals surface area contributed by atoms with Crippen molar-refractivity contribution in [1.29, 1.82) is 0 Å². The highest BCUT2D eigenvalue weighted by atomic mass is 79.9. The summed E-state index contributed by atoms with van der Waals surface area (Å²) in [7, 11) is 1.49. The van der Waals surface area contributed by atoms with Crippen molar-refractivity contribution < 1.29 is 9.59 Å². The molecule has 0 fully saturated rings. The lowest BCUT2D eigenvalue weighted by molar-refractivity contribution is -0.121. The van der Waals surface area contributed by atoms with Gasteiger partial charge in [-0.15, -0.1) is 0 Å². The van der Waals surface area contributed by atoms with Gasteiger partial charge >= 0.3 is 6.03 Å². The maximum atomic E-state index is 11.7. The van der Waals surface area contributed by atoms with Crippen molar-refractivity contribution >= 4 is 27.9 Å². The zero-order valence-corrected chi connectivity index (χ0v) is 13.2. The van der Waals surface area contributed by atoms with Crippen LogP contribution in [0.5, 0.6) is 0 Å². The Morgan fingerprint density at radius 2 is 2.10 bits per heavy atom. The van der Waals surface area contributed by atoms with Crippen LogP contribution in [-0.4, -0.2) is 37.0 Å². The van der Waals surface area contributed by atoms with E-state index >= 15 is 0 Å². The first-order valence-electron chi connectivity index (χ1n) is 6.51. The third-order valence-corrected chi connectivity index (χ3v) is 4.27. The van der Waals surface area contributed by atoms with E-state index in [-0.39, 0.29) is 12.5 Å². The van der Waals surface area contributed by atoms with Gasteiger partial charge in [-0.05, 0) is 36.1 Å². The van der Waals surface area contributed by atoms with Gasteiger partial charge in [-0.25, -0.2) is 4.79 Å². The summed E-state index contributed by atoms with van der Waals surface area (Å²) >= 11 is 3.54. The average molecular weight is 340 g/mol. The molecule has 0 saturated heterocycles. The number of amides is 3. The highest BCUT2D eigenvalue weighted by molar-refractivity contribution is 9.10. The van der Waals surface area contributed by atoms with Crippen molar-refractivity contribution in [1.82, 2.24) is 15.5 Å². The second kappa shape index (κ2) is 6.37. The van der Waals surface area contributed by atoms with E-state index in [1.54, 1.807) is 0 Å². The van der Waals surface area contributed by atoms with Crippen LogP contribution >= 0.6 is 15.9 Å². The molecule has 20 heavy (non-hydrogen) atoms. The number of fused-ring (bicyclic) bond motifs is 1. The monoisotopic (exact) mass is 339 g/mol. The van der Waals surface area contributed by atoms with E-state index in [9.17, 15) is 9.59 Å². The quantitative estimate of drug-likeness (QED) is 0.859. The number of aryl methyl sites for hydroxylation is 1. The third kappa shape index (κ3) is 3.58. The molecule has 0 radical (unpaired) electrons. The van der Waals surface area contributed by atoms with Crippen molar-refractivity contribution in [3.05, 3.63) is 33.3 Å². The van der Waals surface area contributed by atoms with Gasteiger partial charge in [0.1, 0.15) is 0 Å². The fourth-order valence-electron chi connectivity index (χ4n) is 2.33. The summed E-state index contributed by atoms with van der Waals surface area (Å²) in [5, 5.41) is 4.65. The second-order valence-electron chi connectivity index (χ2n) is 4.96. The number of hydrogen-bond acceptors (Lipinski definition) is 3. The van der Waals surface area contributed by atoms with Crippen molar-refractivity contribution in [2.45, 2.75) is 19.9 Å². The Hall–Kier alpha value is -1.40. The summed E-state index contributed by atoms with van der Waals surface area (Å²) in [6, 6.07) is 3.85. The minimum absolute atomic E-state index is 0.234. The minimum Gasteiger partial charge on any atom is -0.341 e. The number of carbonyl (C=O) groups is 2. The molecule has 0 aromatic heterocycles. The maximum absolute atomic E-state index is 11.7. The van der Waals surface area contributed by atoms with E-state index in [0.717, 1.165) is 24.0 Å². The van der Waals surface area contributed by atoms with Gasteiger partial charge in [0.25, 0.3) is 0 Å². The van der Waals surface area contributed by atoms with Gasteiger partial charge in [-0.3, -0.25) is 15.0 Å². The fraction of sp³-hybridized carbons (Fsp3) is 0.429. The number of halogens is 1.